The Morgan fingerprint density at radius 2 is 1.91 bits per heavy atom. The van der Waals surface area contributed by atoms with Crippen LogP contribution in [0.2, 0.25) is 0 Å². The van der Waals surface area contributed by atoms with Gasteiger partial charge in [-0.1, -0.05) is 39.7 Å². The van der Waals surface area contributed by atoms with Crippen molar-refractivity contribution in [2.75, 3.05) is 18.9 Å². The molecule has 3 nitrogen and oxygen atoms in total. The standard InChI is InChI=1S/C17H18BrFN2O/c1-12-3-7-15(8-4-12)20-17(22)11-21(2)10-13-5-6-14(18)9-16(13)19/h3-9H,10-11H2,1-2H3,(H,20,22). The van der Waals surface area contributed by atoms with Gasteiger partial charge in [0.1, 0.15) is 5.82 Å². The second-order valence-electron chi connectivity index (χ2n) is 5.32. The van der Waals surface area contributed by atoms with E-state index in [9.17, 15) is 9.18 Å². The van der Waals surface area contributed by atoms with Gasteiger partial charge in [-0.15, -0.1) is 0 Å². The third-order valence-corrected chi connectivity index (χ3v) is 3.70. The van der Waals surface area contributed by atoms with Crippen LogP contribution in [0.3, 0.4) is 0 Å². The largest absolute Gasteiger partial charge is 0.325 e. The third kappa shape index (κ3) is 4.93. The van der Waals surface area contributed by atoms with E-state index in [4.69, 9.17) is 0 Å². The van der Waals surface area contributed by atoms with Gasteiger partial charge in [0.05, 0.1) is 6.54 Å². The van der Waals surface area contributed by atoms with Gasteiger partial charge in [-0.2, -0.15) is 0 Å². The molecule has 0 aliphatic carbocycles. The normalized spacial score (nSPS) is 10.8. The summed E-state index contributed by atoms with van der Waals surface area (Å²) in [5.74, 6) is -0.399. The number of anilines is 1. The highest BCUT2D eigenvalue weighted by Gasteiger charge is 2.10. The fourth-order valence-corrected chi connectivity index (χ4v) is 2.41. The topological polar surface area (TPSA) is 32.3 Å². The second kappa shape index (κ2) is 7.51. The molecule has 2 aromatic carbocycles. The number of hydrogen-bond donors (Lipinski definition) is 1. The van der Waals surface area contributed by atoms with Crippen molar-refractivity contribution in [2.45, 2.75) is 13.5 Å². The SMILES string of the molecule is Cc1ccc(NC(=O)CN(C)Cc2ccc(Br)cc2F)cc1. The molecular formula is C17H18BrFN2O. The molecular weight excluding hydrogens is 347 g/mol. The summed E-state index contributed by atoms with van der Waals surface area (Å²) >= 11 is 3.23. The van der Waals surface area contributed by atoms with Crippen LogP contribution in [0.5, 0.6) is 0 Å². The van der Waals surface area contributed by atoms with Crippen molar-refractivity contribution >= 4 is 27.5 Å². The quantitative estimate of drug-likeness (QED) is 0.870. The average molecular weight is 365 g/mol. The lowest BCUT2D eigenvalue weighted by Gasteiger charge is -2.17. The third-order valence-electron chi connectivity index (χ3n) is 3.20. The first-order valence-corrected chi connectivity index (χ1v) is 7.72. The molecule has 5 heteroatoms. The van der Waals surface area contributed by atoms with Crippen molar-refractivity contribution in [3.05, 3.63) is 63.9 Å². The molecule has 22 heavy (non-hydrogen) atoms. The summed E-state index contributed by atoms with van der Waals surface area (Å²) in [5.41, 5.74) is 2.47. The van der Waals surface area contributed by atoms with E-state index in [1.54, 1.807) is 24.1 Å². The zero-order chi connectivity index (χ0) is 16.1. The number of benzene rings is 2. The predicted molar refractivity (Wildman–Crippen MR) is 90.2 cm³/mol. The molecule has 0 aliphatic rings. The maximum absolute atomic E-state index is 13.8. The number of nitrogens with one attached hydrogen (secondary N) is 1. The van der Waals surface area contributed by atoms with E-state index in [1.807, 2.05) is 31.2 Å². The molecule has 0 unspecified atom stereocenters. The Morgan fingerprint density at radius 1 is 1.23 bits per heavy atom. The summed E-state index contributed by atoms with van der Waals surface area (Å²) in [6.07, 6.45) is 0. The van der Waals surface area contributed by atoms with Gasteiger partial charge in [0.15, 0.2) is 0 Å². The number of rotatable bonds is 5. The van der Waals surface area contributed by atoms with E-state index >= 15 is 0 Å². The van der Waals surface area contributed by atoms with Crippen LogP contribution in [-0.2, 0) is 11.3 Å². The summed E-state index contributed by atoms with van der Waals surface area (Å²) in [6.45, 7) is 2.57. The minimum Gasteiger partial charge on any atom is -0.325 e. The van der Waals surface area contributed by atoms with Gasteiger partial charge in [-0.3, -0.25) is 9.69 Å². The molecule has 0 bridgehead atoms. The van der Waals surface area contributed by atoms with E-state index < -0.39 is 0 Å². The molecule has 116 valence electrons. The molecule has 0 spiro atoms. The summed E-state index contributed by atoms with van der Waals surface area (Å²) in [5, 5.41) is 2.83. The van der Waals surface area contributed by atoms with Crippen LogP contribution < -0.4 is 5.32 Å². The molecule has 2 aromatic rings. The number of halogens is 2. The Kier molecular flexibility index (Phi) is 5.69. The highest BCUT2D eigenvalue weighted by Crippen LogP contribution is 2.16. The lowest BCUT2D eigenvalue weighted by molar-refractivity contribution is -0.117. The molecule has 0 saturated heterocycles. The summed E-state index contributed by atoms with van der Waals surface area (Å²) < 4.78 is 14.5. The Morgan fingerprint density at radius 3 is 2.55 bits per heavy atom. The van der Waals surface area contributed by atoms with Crippen molar-refractivity contribution in [1.82, 2.24) is 4.90 Å². The van der Waals surface area contributed by atoms with Crippen LogP contribution in [0.1, 0.15) is 11.1 Å². The molecule has 1 N–H and O–H groups in total. The molecule has 0 saturated carbocycles. The number of likely N-dealkylation sites (N-methyl/N-ethyl adjacent to an activating group) is 1. The maximum atomic E-state index is 13.8. The number of aryl methyl sites for hydroxylation is 1. The molecule has 0 atom stereocenters. The number of carbonyl (C=O) groups excluding carboxylic acids is 1. The van der Waals surface area contributed by atoms with Crippen molar-refractivity contribution in [3.63, 3.8) is 0 Å². The number of amides is 1. The van der Waals surface area contributed by atoms with Gasteiger partial charge in [0.2, 0.25) is 5.91 Å². The van der Waals surface area contributed by atoms with Gasteiger partial charge in [-0.25, -0.2) is 4.39 Å². The van der Waals surface area contributed by atoms with Crippen LogP contribution >= 0.6 is 15.9 Å². The minimum absolute atomic E-state index is 0.121. The maximum Gasteiger partial charge on any atom is 0.238 e. The van der Waals surface area contributed by atoms with Gasteiger partial charge < -0.3 is 5.32 Å². The molecule has 1 amide bonds. The Hall–Kier alpha value is -1.72. The van der Waals surface area contributed by atoms with E-state index in [-0.39, 0.29) is 18.3 Å². The number of nitrogens with zero attached hydrogens (tertiary/aromatic N) is 1. The molecule has 0 fully saturated rings. The fraction of sp³-hybridized carbons (Fsp3) is 0.235. The zero-order valence-electron chi connectivity index (χ0n) is 12.6. The van der Waals surface area contributed by atoms with Gasteiger partial charge in [-0.05, 0) is 38.2 Å². The van der Waals surface area contributed by atoms with Crippen LogP contribution in [0.15, 0.2) is 46.9 Å². The van der Waals surface area contributed by atoms with E-state index in [0.29, 0.717) is 16.6 Å². The predicted octanol–water partition coefficient (Wildman–Crippen LogP) is 3.97. The lowest BCUT2D eigenvalue weighted by atomic mass is 10.2. The molecule has 2 rings (SSSR count). The summed E-state index contributed by atoms with van der Waals surface area (Å²) in [6, 6.07) is 12.5. The Bertz CT molecular complexity index is 658. The second-order valence-corrected chi connectivity index (χ2v) is 6.24. The Labute approximate surface area is 138 Å². The van der Waals surface area contributed by atoms with Crippen LogP contribution in [-0.4, -0.2) is 24.4 Å². The first-order chi connectivity index (χ1) is 10.4. The smallest absolute Gasteiger partial charge is 0.238 e. The van der Waals surface area contributed by atoms with Gasteiger partial charge in [0.25, 0.3) is 0 Å². The fourth-order valence-electron chi connectivity index (χ4n) is 2.08. The van der Waals surface area contributed by atoms with E-state index in [2.05, 4.69) is 21.2 Å². The van der Waals surface area contributed by atoms with Gasteiger partial charge >= 0.3 is 0 Å². The van der Waals surface area contributed by atoms with Crippen molar-refractivity contribution in [3.8, 4) is 0 Å². The average Bonchev–Trinajstić information content (AvgIpc) is 2.44. The minimum atomic E-state index is -0.278. The van der Waals surface area contributed by atoms with Crippen LogP contribution in [0, 0.1) is 12.7 Å². The Balaban J connectivity index is 1.89. The van der Waals surface area contributed by atoms with Crippen molar-refractivity contribution in [2.24, 2.45) is 0 Å². The zero-order valence-corrected chi connectivity index (χ0v) is 14.2. The van der Waals surface area contributed by atoms with Crippen LogP contribution in [0.4, 0.5) is 10.1 Å². The number of hydrogen-bond acceptors (Lipinski definition) is 2. The lowest BCUT2D eigenvalue weighted by Crippen LogP contribution is -2.30. The van der Waals surface area contributed by atoms with E-state index in [1.165, 1.54) is 6.07 Å². The highest BCUT2D eigenvalue weighted by molar-refractivity contribution is 9.10. The highest BCUT2D eigenvalue weighted by atomic mass is 79.9. The first kappa shape index (κ1) is 16.6. The molecule has 0 aromatic heterocycles. The first-order valence-electron chi connectivity index (χ1n) is 6.93. The number of carbonyl (C=O) groups is 1. The van der Waals surface area contributed by atoms with E-state index in [0.717, 1.165) is 11.3 Å². The summed E-state index contributed by atoms with van der Waals surface area (Å²) in [7, 11) is 1.79. The van der Waals surface area contributed by atoms with Gasteiger partial charge in [0, 0.05) is 22.3 Å². The van der Waals surface area contributed by atoms with Crippen molar-refractivity contribution < 1.29 is 9.18 Å². The molecule has 0 heterocycles. The van der Waals surface area contributed by atoms with Crippen LogP contribution in [0.25, 0.3) is 0 Å². The van der Waals surface area contributed by atoms with Crippen molar-refractivity contribution in [1.29, 1.82) is 0 Å². The molecule has 0 radical (unpaired) electrons. The summed E-state index contributed by atoms with van der Waals surface area (Å²) in [4.78, 5) is 13.8. The monoisotopic (exact) mass is 364 g/mol. The molecule has 0 aliphatic heterocycles.